The summed E-state index contributed by atoms with van der Waals surface area (Å²) < 4.78 is 36.8. The van der Waals surface area contributed by atoms with Crippen LogP contribution in [0.5, 0.6) is 0 Å². The van der Waals surface area contributed by atoms with Crippen molar-refractivity contribution in [2.45, 2.75) is 57.2 Å². The van der Waals surface area contributed by atoms with Crippen LogP contribution in [0.15, 0.2) is 59.4 Å². The molecule has 3 aromatic rings. The van der Waals surface area contributed by atoms with Gasteiger partial charge in [0.1, 0.15) is 17.7 Å². The number of hydrogen-bond acceptors (Lipinski definition) is 3. The molecular formula is C28H28F2N2O3. The maximum Gasteiger partial charge on any atom is 0.253 e. The van der Waals surface area contributed by atoms with Crippen molar-refractivity contribution in [2.75, 3.05) is 6.61 Å². The largest absolute Gasteiger partial charge is 0.368 e. The highest BCUT2D eigenvalue weighted by Crippen LogP contribution is 2.32. The number of hydrogen-bond donors (Lipinski definition) is 1. The Hall–Kier alpha value is -3.32. The van der Waals surface area contributed by atoms with Gasteiger partial charge in [0, 0.05) is 23.4 Å². The fourth-order valence-electron chi connectivity index (χ4n) is 5.24. The van der Waals surface area contributed by atoms with Crippen LogP contribution in [0.4, 0.5) is 8.78 Å². The number of nitrogens with zero attached hydrogens (tertiary/aromatic N) is 1. The molecule has 182 valence electrons. The minimum atomic E-state index is -0.487. The zero-order valence-corrected chi connectivity index (χ0v) is 19.6. The number of ether oxygens (including phenoxy) is 1. The Kier molecular flexibility index (Phi) is 6.52. The Balaban J connectivity index is 1.52. The monoisotopic (exact) mass is 478 g/mol. The van der Waals surface area contributed by atoms with Crippen LogP contribution < -0.4 is 10.9 Å². The summed E-state index contributed by atoms with van der Waals surface area (Å²) in [7, 11) is 0. The molecular weight excluding hydrogens is 450 g/mol. The molecule has 2 aliphatic heterocycles. The van der Waals surface area contributed by atoms with Crippen molar-refractivity contribution in [1.29, 1.82) is 0 Å². The lowest BCUT2D eigenvalue weighted by Crippen LogP contribution is -2.51. The minimum absolute atomic E-state index is 0.134. The summed E-state index contributed by atoms with van der Waals surface area (Å²) >= 11 is 0. The molecule has 1 amide bonds. The predicted octanol–water partition coefficient (Wildman–Crippen LogP) is 4.50. The van der Waals surface area contributed by atoms with Crippen LogP contribution in [0, 0.1) is 18.6 Å². The number of carbonyl (C=O) groups is 1. The van der Waals surface area contributed by atoms with Gasteiger partial charge in [0.25, 0.3) is 5.56 Å². The molecule has 2 aliphatic rings. The smallest absolute Gasteiger partial charge is 0.253 e. The first-order valence-electron chi connectivity index (χ1n) is 12.1. The van der Waals surface area contributed by atoms with Crippen LogP contribution in [-0.4, -0.2) is 29.2 Å². The second-order valence-corrected chi connectivity index (χ2v) is 9.40. The predicted molar refractivity (Wildman–Crippen MR) is 129 cm³/mol. The van der Waals surface area contributed by atoms with Crippen LogP contribution >= 0.6 is 0 Å². The molecule has 0 radical (unpaired) electrons. The Morgan fingerprint density at radius 3 is 2.71 bits per heavy atom. The summed E-state index contributed by atoms with van der Waals surface area (Å²) in [6.45, 7) is 2.32. The van der Waals surface area contributed by atoms with Crippen molar-refractivity contribution in [3.63, 3.8) is 0 Å². The highest BCUT2D eigenvalue weighted by atomic mass is 19.1. The standard InChI is InChI=1S/C28H28F2N2O3/c1-17-10-11-21-12-13-23(31-27(33)25-9-4-14-35-25)24(32(21)28(17)34)16-19-6-3-8-22(26(19)30)18-5-2-7-20(29)15-18/h2-3,5-8,10-11,15,23-25H,4,9,12-14,16H2,1H3,(H,31,33). The van der Waals surface area contributed by atoms with E-state index in [0.29, 0.717) is 48.1 Å². The maximum absolute atomic E-state index is 15.7. The number of rotatable bonds is 5. The summed E-state index contributed by atoms with van der Waals surface area (Å²) in [5, 5.41) is 3.10. The Labute approximate surface area is 202 Å². The number of carbonyl (C=O) groups excluding carboxylic acids is 1. The molecule has 0 saturated carbocycles. The lowest BCUT2D eigenvalue weighted by molar-refractivity contribution is -0.131. The minimum Gasteiger partial charge on any atom is -0.368 e. The normalized spacial score (nSPS) is 21.5. The average Bonchev–Trinajstić information content (AvgIpc) is 3.39. The summed E-state index contributed by atoms with van der Waals surface area (Å²) in [4.78, 5) is 26.1. The van der Waals surface area contributed by atoms with Gasteiger partial charge in [-0.2, -0.15) is 0 Å². The van der Waals surface area contributed by atoms with E-state index in [9.17, 15) is 14.0 Å². The summed E-state index contributed by atoms with van der Waals surface area (Å²) in [6, 6.07) is 13.8. The number of halogens is 2. The number of nitrogens with one attached hydrogen (secondary N) is 1. The molecule has 3 unspecified atom stereocenters. The molecule has 1 N–H and O–H groups in total. The fraction of sp³-hybridized carbons (Fsp3) is 0.357. The zero-order valence-electron chi connectivity index (χ0n) is 19.6. The van der Waals surface area contributed by atoms with Gasteiger partial charge in [-0.3, -0.25) is 9.59 Å². The molecule has 1 aromatic heterocycles. The molecule has 0 aliphatic carbocycles. The molecule has 0 bridgehead atoms. The summed E-state index contributed by atoms with van der Waals surface area (Å²) in [5.74, 6) is -1.07. The van der Waals surface area contributed by atoms with Crippen LogP contribution in [0.1, 0.15) is 42.1 Å². The van der Waals surface area contributed by atoms with E-state index in [-0.39, 0.29) is 23.9 Å². The van der Waals surface area contributed by atoms with Gasteiger partial charge in [0.2, 0.25) is 5.91 Å². The van der Waals surface area contributed by atoms with E-state index in [0.717, 1.165) is 12.1 Å². The first kappa shape index (κ1) is 23.4. The second-order valence-electron chi connectivity index (χ2n) is 9.40. The van der Waals surface area contributed by atoms with Gasteiger partial charge in [-0.25, -0.2) is 8.78 Å². The zero-order chi connectivity index (χ0) is 24.5. The Bertz CT molecular complexity index is 1310. The topological polar surface area (TPSA) is 60.3 Å². The van der Waals surface area contributed by atoms with Crippen molar-refractivity contribution >= 4 is 5.91 Å². The van der Waals surface area contributed by atoms with E-state index in [1.54, 1.807) is 41.8 Å². The molecule has 3 heterocycles. The average molecular weight is 479 g/mol. The molecule has 0 spiro atoms. The number of amides is 1. The van der Waals surface area contributed by atoms with E-state index in [1.165, 1.54) is 12.1 Å². The van der Waals surface area contributed by atoms with Crippen molar-refractivity contribution in [3.8, 4) is 11.1 Å². The van der Waals surface area contributed by atoms with Crippen LogP contribution in [0.3, 0.4) is 0 Å². The number of pyridine rings is 1. The van der Waals surface area contributed by atoms with Crippen molar-refractivity contribution < 1.29 is 18.3 Å². The molecule has 5 rings (SSSR count). The van der Waals surface area contributed by atoms with Gasteiger partial charge in [-0.15, -0.1) is 0 Å². The van der Waals surface area contributed by atoms with Crippen molar-refractivity contribution in [2.24, 2.45) is 0 Å². The van der Waals surface area contributed by atoms with Gasteiger partial charge < -0.3 is 14.6 Å². The van der Waals surface area contributed by atoms with E-state index in [4.69, 9.17) is 4.74 Å². The molecule has 5 nitrogen and oxygen atoms in total. The molecule has 3 atom stereocenters. The molecule has 1 saturated heterocycles. The molecule has 35 heavy (non-hydrogen) atoms. The first-order chi connectivity index (χ1) is 16.9. The van der Waals surface area contributed by atoms with E-state index in [2.05, 4.69) is 5.32 Å². The van der Waals surface area contributed by atoms with E-state index in [1.807, 2.05) is 12.1 Å². The Morgan fingerprint density at radius 1 is 1.11 bits per heavy atom. The third-order valence-electron chi connectivity index (χ3n) is 7.09. The number of benzene rings is 2. The molecule has 7 heteroatoms. The fourth-order valence-corrected chi connectivity index (χ4v) is 5.24. The van der Waals surface area contributed by atoms with Crippen LogP contribution in [0.2, 0.25) is 0 Å². The Morgan fingerprint density at radius 2 is 1.94 bits per heavy atom. The van der Waals surface area contributed by atoms with Crippen molar-refractivity contribution in [3.05, 3.63) is 93.4 Å². The van der Waals surface area contributed by atoms with Gasteiger partial charge in [-0.1, -0.05) is 36.4 Å². The molecule has 1 fully saturated rings. The van der Waals surface area contributed by atoms with Gasteiger partial charge >= 0.3 is 0 Å². The van der Waals surface area contributed by atoms with Gasteiger partial charge in [0.15, 0.2) is 0 Å². The quantitative estimate of drug-likeness (QED) is 0.588. The highest BCUT2D eigenvalue weighted by Gasteiger charge is 2.34. The lowest BCUT2D eigenvalue weighted by Gasteiger charge is -2.36. The lowest BCUT2D eigenvalue weighted by atomic mass is 9.89. The highest BCUT2D eigenvalue weighted by molar-refractivity contribution is 5.81. The van der Waals surface area contributed by atoms with Gasteiger partial charge in [0.05, 0.1) is 12.1 Å². The van der Waals surface area contributed by atoms with Crippen molar-refractivity contribution in [1.82, 2.24) is 9.88 Å². The SMILES string of the molecule is Cc1ccc2n(c1=O)C(Cc1cccc(-c3cccc(F)c3)c1F)C(NC(=O)C1CCCO1)CC2. The van der Waals surface area contributed by atoms with Crippen LogP contribution in [-0.2, 0) is 22.4 Å². The van der Waals surface area contributed by atoms with Gasteiger partial charge in [-0.05, 0) is 68.4 Å². The third kappa shape index (κ3) is 4.65. The number of aromatic nitrogens is 1. The van der Waals surface area contributed by atoms with Crippen LogP contribution in [0.25, 0.3) is 11.1 Å². The molecule has 2 aromatic carbocycles. The second kappa shape index (κ2) is 9.74. The maximum atomic E-state index is 15.7. The summed E-state index contributed by atoms with van der Waals surface area (Å²) in [6.07, 6.45) is 2.50. The number of aryl methyl sites for hydroxylation is 2. The third-order valence-corrected chi connectivity index (χ3v) is 7.09. The first-order valence-corrected chi connectivity index (χ1v) is 12.1. The van der Waals surface area contributed by atoms with E-state index >= 15 is 4.39 Å². The van der Waals surface area contributed by atoms with E-state index < -0.39 is 23.8 Å². The summed E-state index contributed by atoms with van der Waals surface area (Å²) in [5.41, 5.74) is 2.49. The number of fused-ring (bicyclic) bond motifs is 1.